The minimum absolute atomic E-state index is 0.114. The number of cyclic esters (lactones) is 1. The molecule has 0 saturated heterocycles. The van der Waals surface area contributed by atoms with Crippen LogP contribution in [0.25, 0.3) is 0 Å². The van der Waals surface area contributed by atoms with E-state index in [-0.39, 0.29) is 11.3 Å². The monoisotopic (exact) mass is 279 g/mol. The van der Waals surface area contributed by atoms with Crippen LogP contribution in [0.4, 0.5) is 23.7 Å². The number of ether oxygens (including phenoxy) is 1. The second-order valence-electron chi connectivity index (χ2n) is 3.81. The summed E-state index contributed by atoms with van der Waals surface area (Å²) >= 11 is 5.78. The fraction of sp³-hybridized carbons (Fsp3) is 0.364. The molecule has 7 heteroatoms. The van der Waals surface area contributed by atoms with Crippen molar-refractivity contribution in [1.82, 2.24) is 0 Å². The number of carbonyl (C=O) groups excluding carboxylic acids is 1. The third-order valence-corrected chi connectivity index (χ3v) is 2.74. The molecule has 0 spiro atoms. The largest absolute Gasteiger partial charge is 0.431 e. The van der Waals surface area contributed by atoms with Crippen LogP contribution in [0.5, 0.6) is 0 Å². The fourth-order valence-corrected chi connectivity index (χ4v) is 2.01. The zero-order valence-electron chi connectivity index (χ0n) is 9.24. The smallest absolute Gasteiger partial charge is 0.430 e. The van der Waals surface area contributed by atoms with Gasteiger partial charge in [-0.2, -0.15) is 13.2 Å². The standard InChI is InChI=1S/C11H9ClF3NO2/c1-6(12)16-8-5-3-2-4-7(8)9(11(13,14)15)18-10(16)17/h2-6,9H,1H3. The number of fused-ring (bicyclic) bond motifs is 1. The van der Waals surface area contributed by atoms with E-state index in [2.05, 4.69) is 4.74 Å². The zero-order chi connectivity index (χ0) is 13.5. The number of rotatable bonds is 1. The van der Waals surface area contributed by atoms with Gasteiger partial charge in [-0.15, -0.1) is 0 Å². The molecule has 98 valence electrons. The van der Waals surface area contributed by atoms with Gasteiger partial charge in [0.25, 0.3) is 0 Å². The highest BCUT2D eigenvalue weighted by molar-refractivity contribution is 6.23. The summed E-state index contributed by atoms with van der Waals surface area (Å²) in [4.78, 5) is 12.6. The first kappa shape index (κ1) is 13.0. The minimum Gasteiger partial charge on any atom is -0.431 e. The number of para-hydroxylation sites is 1. The van der Waals surface area contributed by atoms with E-state index < -0.39 is 23.9 Å². The second kappa shape index (κ2) is 4.35. The summed E-state index contributed by atoms with van der Waals surface area (Å²) in [6, 6.07) is 5.67. The number of hydrogen-bond donors (Lipinski definition) is 0. The molecule has 0 radical (unpaired) electrons. The van der Waals surface area contributed by atoms with Crippen LogP contribution in [-0.2, 0) is 4.74 Å². The lowest BCUT2D eigenvalue weighted by Crippen LogP contribution is -2.44. The Bertz CT molecular complexity index is 476. The SMILES string of the molecule is CC(Cl)N1C(=O)OC(C(F)(F)F)c2ccccc21. The number of benzene rings is 1. The molecule has 0 aliphatic carbocycles. The summed E-state index contributed by atoms with van der Waals surface area (Å²) in [5.41, 5.74) is -0.788. The van der Waals surface area contributed by atoms with Crippen molar-refractivity contribution in [3.8, 4) is 0 Å². The van der Waals surface area contributed by atoms with E-state index in [0.717, 1.165) is 4.90 Å². The number of hydrogen-bond acceptors (Lipinski definition) is 2. The lowest BCUT2D eigenvalue weighted by Gasteiger charge is -2.35. The summed E-state index contributed by atoms with van der Waals surface area (Å²) in [6.07, 6.45) is -7.99. The van der Waals surface area contributed by atoms with Gasteiger partial charge in [0.2, 0.25) is 6.10 Å². The van der Waals surface area contributed by atoms with Crippen LogP contribution in [0.3, 0.4) is 0 Å². The molecule has 1 aromatic rings. The first-order chi connectivity index (χ1) is 8.32. The molecule has 3 nitrogen and oxygen atoms in total. The number of halogens is 4. The van der Waals surface area contributed by atoms with Crippen LogP contribution in [0.15, 0.2) is 24.3 Å². The number of nitrogens with zero attached hydrogens (tertiary/aromatic N) is 1. The highest BCUT2D eigenvalue weighted by atomic mass is 35.5. The maximum Gasteiger partial charge on any atom is 0.430 e. The maximum atomic E-state index is 12.8. The Morgan fingerprint density at radius 2 is 2.00 bits per heavy atom. The zero-order valence-corrected chi connectivity index (χ0v) is 10.00. The second-order valence-corrected chi connectivity index (χ2v) is 4.44. The van der Waals surface area contributed by atoms with Crippen molar-refractivity contribution in [1.29, 1.82) is 0 Å². The Morgan fingerprint density at radius 3 is 2.56 bits per heavy atom. The van der Waals surface area contributed by atoms with Gasteiger partial charge < -0.3 is 4.74 Å². The van der Waals surface area contributed by atoms with E-state index in [1.165, 1.54) is 31.2 Å². The van der Waals surface area contributed by atoms with Crippen molar-refractivity contribution >= 4 is 23.4 Å². The van der Waals surface area contributed by atoms with E-state index in [0.29, 0.717) is 0 Å². The highest BCUT2D eigenvalue weighted by Crippen LogP contribution is 2.44. The van der Waals surface area contributed by atoms with Crippen LogP contribution >= 0.6 is 11.6 Å². The molecule has 1 aromatic carbocycles. The minimum atomic E-state index is -4.65. The molecule has 1 heterocycles. The Morgan fingerprint density at radius 1 is 1.39 bits per heavy atom. The Labute approximate surface area is 106 Å². The van der Waals surface area contributed by atoms with Crippen molar-refractivity contribution < 1.29 is 22.7 Å². The van der Waals surface area contributed by atoms with E-state index >= 15 is 0 Å². The first-order valence-corrected chi connectivity index (χ1v) is 5.55. The van der Waals surface area contributed by atoms with Gasteiger partial charge in [-0.3, -0.25) is 4.90 Å². The fourth-order valence-electron chi connectivity index (χ4n) is 1.83. The summed E-state index contributed by atoms with van der Waals surface area (Å²) in [7, 11) is 0. The third kappa shape index (κ3) is 2.12. The van der Waals surface area contributed by atoms with E-state index in [9.17, 15) is 18.0 Å². The molecule has 1 amide bonds. The first-order valence-electron chi connectivity index (χ1n) is 5.12. The molecule has 0 bridgehead atoms. The highest BCUT2D eigenvalue weighted by Gasteiger charge is 2.49. The summed E-state index contributed by atoms with van der Waals surface area (Å²) in [5.74, 6) is 0. The normalized spacial score (nSPS) is 21.3. The summed E-state index contributed by atoms with van der Waals surface area (Å²) < 4.78 is 42.8. The number of anilines is 1. The van der Waals surface area contributed by atoms with Crippen LogP contribution in [-0.4, -0.2) is 17.8 Å². The molecule has 0 N–H and O–H groups in total. The Kier molecular flexibility index (Phi) is 3.14. The van der Waals surface area contributed by atoms with E-state index in [4.69, 9.17) is 11.6 Å². The van der Waals surface area contributed by atoms with Crippen LogP contribution in [0, 0.1) is 0 Å². The molecule has 2 unspecified atom stereocenters. The predicted octanol–water partition coefficient (Wildman–Crippen LogP) is 3.83. The van der Waals surface area contributed by atoms with Gasteiger partial charge in [-0.05, 0) is 13.0 Å². The van der Waals surface area contributed by atoms with Crippen molar-refractivity contribution in [2.24, 2.45) is 0 Å². The van der Waals surface area contributed by atoms with Gasteiger partial charge in [-0.25, -0.2) is 4.79 Å². The summed E-state index contributed by atoms with van der Waals surface area (Å²) in [5, 5.41) is 0. The molecule has 1 aliphatic rings. The molecule has 0 aromatic heterocycles. The molecule has 2 rings (SSSR count). The topological polar surface area (TPSA) is 29.5 Å². The van der Waals surface area contributed by atoms with E-state index in [1.54, 1.807) is 0 Å². The quantitative estimate of drug-likeness (QED) is 0.577. The Hall–Kier alpha value is -1.43. The van der Waals surface area contributed by atoms with Gasteiger partial charge in [0.1, 0.15) is 5.50 Å². The molecule has 2 atom stereocenters. The lowest BCUT2D eigenvalue weighted by atomic mass is 10.0. The van der Waals surface area contributed by atoms with Crippen LogP contribution in [0.2, 0.25) is 0 Å². The molecule has 0 saturated carbocycles. The molecule has 18 heavy (non-hydrogen) atoms. The van der Waals surface area contributed by atoms with Crippen LogP contribution < -0.4 is 4.90 Å². The molecular weight excluding hydrogens is 271 g/mol. The van der Waals surface area contributed by atoms with Gasteiger partial charge in [0, 0.05) is 5.56 Å². The number of amides is 1. The molecular formula is C11H9ClF3NO2. The summed E-state index contributed by atoms with van der Waals surface area (Å²) in [6.45, 7) is 1.48. The predicted molar refractivity (Wildman–Crippen MR) is 59.5 cm³/mol. The lowest BCUT2D eigenvalue weighted by molar-refractivity contribution is -0.207. The van der Waals surface area contributed by atoms with Crippen molar-refractivity contribution in [3.05, 3.63) is 29.8 Å². The van der Waals surface area contributed by atoms with Crippen LogP contribution in [0.1, 0.15) is 18.6 Å². The number of alkyl halides is 4. The third-order valence-electron chi connectivity index (χ3n) is 2.55. The maximum absolute atomic E-state index is 12.8. The van der Waals surface area contributed by atoms with Gasteiger partial charge in [0.15, 0.2) is 0 Å². The van der Waals surface area contributed by atoms with Gasteiger partial charge in [0.05, 0.1) is 5.69 Å². The van der Waals surface area contributed by atoms with Gasteiger partial charge >= 0.3 is 12.3 Å². The van der Waals surface area contributed by atoms with Crippen molar-refractivity contribution in [2.75, 3.05) is 4.90 Å². The average molecular weight is 280 g/mol. The van der Waals surface area contributed by atoms with Crippen molar-refractivity contribution in [2.45, 2.75) is 24.7 Å². The van der Waals surface area contributed by atoms with Crippen molar-refractivity contribution in [3.63, 3.8) is 0 Å². The molecule has 1 aliphatic heterocycles. The number of carbonyl (C=O) groups is 1. The molecule has 0 fully saturated rings. The van der Waals surface area contributed by atoms with Gasteiger partial charge in [-0.1, -0.05) is 29.8 Å². The van der Waals surface area contributed by atoms with E-state index in [1.807, 2.05) is 0 Å². The average Bonchev–Trinajstić information content (AvgIpc) is 2.25. The Balaban J connectivity index is 2.55.